The van der Waals surface area contributed by atoms with Gasteiger partial charge >= 0.3 is 0 Å². The van der Waals surface area contributed by atoms with Gasteiger partial charge in [0.05, 0.1) is 6.04 Å². The number of thiazole rings is 1. The van der Waals surface area contributed by atoms with Crippen LogP contribution >= 0.6 is 35.3 Å². The first kappa shape index (κ1) is 17.9. The molecule has 21 heavy (non-hydrogen) atoms. The molecule has 1 aromatic heterocycles. The zero-order valence-electron chi connectivity index (χ0n) is 11.5. The highest BCUT2D eigenvalue weighted by Crippen LogP contribution is 2.21. The molecule has 114 valence electrons. The van der Waals surface area contributed by atoms with E-state index in [0.29, 0.717) is 17.3 Å². The lowest BCUT2D eigenvalue weighted by molar-refractivity contribution is 0.0931. The van der Waals surface area contributed by atoms with Crippen molar-refractivity contribution in [3.63, 3.8) is 0 Å². The first-order valence-electron chi connectivity index (χ1n) is 6.34. The number of nitrogens with two attached hydrogens (primary N) is 1. The van der Waals surface area contributed by atoms with Crippen molar-refractivity contribution >= 4 is 41.3 Å². The maximum Gasteiger partial charge on any atom is 0.271 e. The molecular formula is C14H17Cl2N3OS. The third-order valence-corrected chi connectivity index (χ3v) is 4.03. The van der Waals surface area contributed by atoms with E-state index >= 15 is 0 Å². The number of aromatic nitrogens is 1. The van der Waals surface area contributed by atoms with Crippen LogP contribution in [0.3, 0.4) is 0 Å². The van der Waals surface area contributed by atoms with Gasteiger partial charge in [-0.3, -0.25) is 4.79 Å². The standard InChI is InChI=1S/C14H16ClN3OS.ClH/c1-2-11(9-4-3-5-10(15)6-9)18-14(19)12-8-20-13(7-16)17-12;/h3-6,8,11H,2,7,16H2,1H3,(H,18,19);1H. The lowest BCUT2D eigenvalue weighted by Gasteiger charge is -2.17. The molecule has 1 amide bonds. The topological polar surface area (TPSA) is 68.0 Å². The Bertz CT molecular complexity index is 603. The second kappa shape index (κ2) is 8.34. The molecule has 2 rings (SSSR count). The minimum Gasteiger partial charge on any atom is -0.344 e. The fourth-order valence-corrected chi connectivity index (χ4v) is 2.74. The number of hydrogen-bond donors (Lipinski definition) is 2. The second-order valence-electron chi connectivity index (χ2n) is 4.32. The summed E-state index contributed by atoms with van der Waals surface area (Å²) in [6.07, 6.45) is 0.778. The molecule has 0 aliphatic carbocycles. The van der Waals surface area contributed by atoms with Gasteiger partial charge in [0.15, 0.2) is 0 Å². The maximum atomic E-state index is 12.2. The summed E-state index contributed by atoms with van der Waals surface area (Å²) in [6, 6.07) is 7.42. The molecule has 3 N–H and O–H groups in total. The molecule has 0 bridgehead atoms. The van der Waals surface area contributed by atoms with Crippen molar-refractivity contribution in [3.8, 4) is 0 Å². The highest BCUT2D eigenvalue weighted by Gasteiger charge is 2.16. The summed E-state index contributed by atoms with van der Waals surface area (Å²) >= 11 is 7.38. The number of nitrogens with zero attached hydrogens (tertiary/aromatic N) is 1. The Morgan fingerprint density at radius 1 is 1.52 bits per heavy atom. The molecule has 0 saturated carbocycles. The molecule has 0 fully saturated rings. The quantitative estimate of drug-likeness (QED) is 0.870. The number of carbonyl (C=O) groups excluding carboxylic acids is 1. The first-order valence-corrected chi connectivity index (χ1v) is 7.60. The molecule has 7 heteroatoms. The molecule has 1 heterocycles. The highest BCUT2D eigenvalue weighted by atomic mass is 35.5. The van der Waals surface area contributed by atoms with Crippen LogP contribution < -0.4 is 11.1 Å². The van der Waals surface area contributed by atoms with Crippen LogP contribution in [0.15, 0.2) is 29.6 Å². The van der Waals surface area contributed by atoms with E-state index in [2.05, 4.69) is 10.3 Å². The van der Waals surface area contributed by atoms with Crippen molar-refractivity contribution in [2.75, 3.05) is 0 Å². The number of carbonyl (C=O) groups is 1. The van der Waals surface area contributed by atoms with E-state index in [0.717, 1.165) is 17.0 Å². The Balaban J connectivity index is 0.00000220. The maximum absolute atomic E-state index is 12.2. The summed E-state index contributed by atoms with van der Waals surface area (Å²) in [5.74, 6) is -0.187. The fourth-order valence-electron chi connectivity index (χ4n) is 1.89. The van der Waals surface area contributed by atoms with Crippen LogP contribution in [-0.2, 0) is 6.54 Å². The molecule has 0 saturated heterocycles. The van der Waals surface area contributed by atoms with Gasteiger partial charge in [-0.1, -0.05) is 30.7 Å². The van der Waals surface area contributed by atoms with Crippen molar-refractivity contribution in [1.29, 1.82) is 0 Å². The monoisotopic (exact) mass is 345 g/mol. The molecule has 0 spiro atoms. The van der Waals surface area contributed by atoms with Gasteiger partial charge in [0, 0.05) is 16.9 Å². The van der Waals surface area contributed by atoms with Crippen molar-refractivity contribution in [1.82, 2.24) is 10.3 Å². The van der Waals surface area contributed by atoms with Gasteiger partial charge in [0.2, 0.25) is 0 Å². The van der Waals surface area contributed by atoms with E-state index in [9.17, 15) is 4.79 Å². The summed E-state index contributed by atoms with van der Waals surface area (Å²) in [6.45, 7) is 2.36. The van der Waals surface area contributed by atoms with E-state index in [1.165, 1.54) is 11.3 Å². The van der Waals surface area contributed by atoms with E-state index in [-0.39, 0.29) is 24.4 Å². The number of halogens is 2. The van der Waals surface area contributed by atoms with Crippen LogP contribution in [0.2, 0.25) is 5.02 Å². The number of nitrogens with one attached hydrogen (secondary N) is 1. The first-order chi connectivity index (χ1) is 9.63. The third kappa shape index (κ3) is 4.68. The molecular weight excluding hydrogens is 329 g/mol. The van der Waals surface area contributed by atoms with Gasteiger partial charge < -0.3 is 11.1 Å². The van der Waals surface area contributed by atoms with Crippen LogP contribution in [0, 0.1) is 0 Å². The van der Waals surface area contributed by atoms with Crippen molar-refractivity contribution in [2.45, 2.75) is 25.9 Å². The summed E-state index contributed by atoms with van der Waals surface area (Å²) in [7, 11) is 0. The van der Waals surface area contributed by atoms with Gasteiger partial charge in [0.25, 0.3) is 5.91 Å². The smallest absolute Gasteiger partial charge is 0.271 e. The SMILES string of the molecule is CCC(NC(=O)c1csc(CN)n1)c1cccc(Cl)c1.Cl. The van der Waals surface area contributed by atoms with Crippen LogP contribution in [0.25, 0.3) is 0 Å². The molecule has 0 aliphatic rings. The Kier molecular flexibility index (Phi) is 7.11. The van der Waals surface area contributed by atoms with Crippen LogP contribution in [0.1, 0.15) is 40.4 Å². The van der Waals surface area contributed by atoms with Crippen molar-refractivity contribution < 1.29 is 4.79 Å². The van der Waals surface area contributed by atoms with Crippen molar-refractivity contribution in [3.05, 3.63) is 50.9 Å². The molecule has 2 aromatic rings. The zero-order valence-corrected chi connectivity index (χ0v) is 13.9. The zero-order chi connectivity index (χ0) is 14.5. The Hall–Kier alpha value is -1.14. The second-order valence-corrected chi connectivity index (χ2v) is 5.70. The summed E-state index contributed by atoms with van der Waals surface area (Å²) < 4.78 is 0. The number of rotatable bonds is 5. The number of hydrogen-bond acceptors (Lipinski definition) is 4. The highest BCUT2D eigenvalue weighted by molar-refractivity contribution is 7.09. The van der Waals surface area contributed by atoms with Gasteiger partial charge in [-0.25, -0.2) is 4.98 Å². The lowest BCUT2D eigenvalue weighted by atomic mass is 10.0. The van der Waals surface area contributed by atoms with Gasteiger partial charge in [-0.15, -0.1) is 23.7 Å². The lowest BCUT2D eigenvalue weighted by Crippen LogP contribution is -2.28. The molecule has 1 unspecified atom stereocenters. The third-order valence-electron chi connectivity index (χ3n) is 2.92. The molecule has 0 aliphatic heterocycles. The molecule has 4 nitrogen and oxygen atoms in total. The average molecular weight is 346 g/mol. The molecule has 1 atom stereocenters. The van der Waals surface area contributed by atoms with E-state index in [1.54, 1.807) is 5.38 Å². The predicted molar refractivity (Wildman–Crippen MR) is 89.2 cm³/mol. The Morgan fingerprint density at radius 3 is 2.86 bits per heavy atom. The van der Waals surface area contributed by atoms with Gasteiger partial charge in [-0.2, -0.15) is 0 Å². The van der Waals surface area contributed by atoms with Crippen LogP contribution in [0.4, 0.5) is 0 Å². The van der Waals surface area contributed by atoms with E-state index in [1.807, 2.05) is 31.2 Å². The normalized spacial score (nSPS) is 11.6. The van der Waals surface area contributed by atoms with Crippen molar-refractivity contribution in [2.24, 2.45) is 5.73 Å². The van der Waals surface area contributed by atoms with Crippen LogP contribution in [-0.4, -0.2) is 10.9 Å². The van der Waals surface area contributed by atoms with Gasteiger partial charge in [0.1, 0.15) is 10.7 Å². The molecule has 0 radical (unpaired) electrons. The summed E-state index contributed by atoms with van der Waals surface area (Å²) in [5, 5.41) is 6.11. The Morgan fingerprint density at radius 2 is 2.29 bits per heavy atom. The summed E-state index contributed by atoms with van der Waals surface area (Å²) in [4.78, 5) is 16.3. The molecule has 1 aromatic carbocycles. The van der Waals surface area contributed by atoms with Crippen LogP contribution in [0.5, 0.6) is 0 Å². The number of amides is 1. The minimum atomic E-state index is -0.187. The fraction of sp³-hybridized carbons (Fsp3) is 0.286. The largest absolute Gasteiger partial charge is 0.344 e. The predicted octanol–water partition coefficient (Wildman–Crippen LogP) is 3.56. The summed E-state index contributed by atoms with van der Waals surface area (Å²) in [5.41, 5.74) is 6.90. The number of benzene rings is 1. The van der Waals surface area contributed by atoms with E-state index < -0.39 is 0 Å². The minimum absolute atomic E-state index is 0. The van der Waals surface area contributed by atoms with Gasteiger partial charge in [-0.05, 0) is 24.1 Å². The Labute approximate surface area is 139 Å². The van der Waals surface area contributed by atoms with E-state index in [4.69, 9.17) is 17.3 Å². The average Bonchev–Trinajstić information content (AvgIpc) is 2.93.